The van der Waals surface area contributed by atoms with E-state index in [4.69, 9.17) is 4.74 Å². The first kappa shape index (κ1) is 19.0. The summed E-state index contributed by atoms with van der Waals surface area (Å²) in [5.74, 6) is -0.688. The van der Waals surface area contributed by atoms with Crippen molar-refractivity contribution in [2.45, 2.75) is 18.7 Å². The highest BCUT2D eigenvalue weighted by Gasteiger charge is 2.29. The standard InChI is InChI=1S/C17H19F3N2O3/c1-25-14-8-9-22(11-14)16(24)10-21-15(23)7-4-12-2-5-13(6-3-12)17(18,19)20/h2-7,14H,8-11H2,1H3,(H,21,23)/b7-4+/t14-/m0/s1. The minimum absolute atomic E-state index is 0.0271. The van der Waals surface area contributed by atoms with E-state index < -0.39 is 17.6 Å². The van der Waals surface area contributed by atoms with Crippen molar-refractivity contribution in [1.29, 1.82) is 0 Å². The summed E-state index contributed by atoms with van der Waals surface area (Å²) >= 11 is 0. The number of ether oxygens (including phenoxy) is 1. The molecule has 0 unspecified atom stereocenters. The number of likely N-dealkylation sites (tertiary alicyclic amines) is 1. The molecule has 136 valence electrons. The van der Waals surface area contributed by atoms with Gasteiger partial charge < -0.3 is 15.0 Å². The van der Waals surface area contributed by atoms with Gasteiger partial charge in [-0.3, -0.25) is 9.59 Å². The number of methoxy groups -OCH3 is 1. The lowest BCUT2D eigenvalue weighted by Crippen LogP contribution is -2.39. The fourth-order valence-electron chi connectivity index (χ4n) is 2.44. The van der Waals surface area contributed by atoms with Gasteiger partial charge in [0.25, 0.3) is 0 Å². The SMILES string of the molecule is CO[C@H]1CCN(C(=O)CNC(=O)/C=C/c2ccc(C(F)(F)F)cc2)C1. The first-order chi connectivity index (χ1) is 11.8. The van der Waals surface area contributed by atoms with Crippen molar-refractivity contribution in [2.75, 3.05) is 26.7 Å². The maximum Gasteiger partial charge on any atom is 0.416 e. The number of nitrogens with zero attached hydrogens (tertiary/aromatic N) is 1. The van der Waals surface area contributed by atoms with Crippen LogP contribution in [0.1, 0.15) is 17.5 Å². The molecule has 2 rings (SSSR count). The Balaban J connectivity index is 1.80. The molecule has 0 aromatic heterocycles. The maximum absolute atomic E-state index is 12.5. The quantitative estimate of drug-likeness (QED) is 0.822. The summed E-state index contributed by atoms with van der Waals surface area (Å²) in [6.45, 7) is 0.966. The van der Waals surface area contributed by atoms with Crippen LogP contribution in [0.3, 0.4) is 0 Å². The lowest BCUT2D eigenvalue weighted by atomic mass is 10.1. The number of nitrogens with one attached hydrogen (secondary N) is 1. The summed E-state index contributed by atoms with van der Waals surface area (Å²) in [5.41, 5.74) is -0.295. The molecule has 0 bridgehead atoms. The molecular weight excluding hydrogens is 337 g/mol. The zero-order chi connectivity index (χ0) is 18.4. The fourth-order valence-corrected chi connectivity index (χ4v) is 2.44. The highest BCUT2D eigenvalue weighted by molar-refractivity contribution is 5.94. The normalized spacial score (nSPS) is 17.9. The van der Waals surface area contributed by atoms with Gasteiger partial charge in [-0.15, -0.1) is 0 Å². The molecule has 0 aliphatic carbocycles. The van der Waals surface area contributed by atoms with Crippen molar-refractivity contribution in [3.05, 3.63) is 41.5 Å². The van der Waals surface area contributed by atoms with E-state index in [1.807, 2.05) is 0 Å². The second kappa shape index (κ2) is 8.15. The number of carbonyl (C=O) groups is 2. The maximum atomic E-state index is 12.5. The van der Waals surface area contributed by atoms with Gasteiger partial charge in [-0.2, -0.15) is 13.2 Å². The van der Waals surface area contributed by atoms with Gasteiger partial charge in [-0.05, 0) is 30.2 Å². The van der Waals surface area contributed by atoms with Crippen molar-refractivity contribution in [3.63, 3.8) is 0 Å². The molecule has 1 aliphatic rings. The molecule has 1 atom stereocenters. The van der Waals surface area contributed by atoms with Crippen LogP contribution in [-0.4, -0.2) is 49.6 Å². The molecule has 25 heavy (non-hydrogen) atoms. The van der Waals surface area contributed by atoms with E-state index >= 15 is 0 Å². The van der Waals surface area contributed by atoms with Gasteiger partial charge in [0.15, 0.2) is 0 Å². The van der Waals surface area contributed by atoms with Crippen molar-refractivity contribution in [1.82, 2.24) is 10.2 Å². The van der Waals surface area contributed by atoms with Crippen molar-refractivity contribution in [2.24, 2.45) is 0 Å². The second-order valence-corrected chi connectivity index (χ2v) is 5.66. The second-order valence-electron chi connectivity index (χ2n) is 5.66. The molecule has 2 amide bonds. The van der Waals surface area contributed by atoms with Gasteiger partial charge in [-0.1, -0.05) is 12.1 Å². The largest absolute Gasteiger partial charge is 0.416 e. The highest BCUT2D eigenvalue weighted by atomic mass is 19.4. The number of rotatable bonds is 5. The number of benzene rings is 1. The monoisotopic (exact) mass is 356 g/mol. The third-order valence-corrected chi connectivity index (χ3v) is 3.91. The van der Waals surface area contributed by atoms with Crippen LogP contribution < -0.4 is 5.32 Å². The Morgan fingerprint density at radius 3 is 2.56 bits per heavy atom. The van der Waals surface area contributed by atoms with Crippen molar-refractivity contribution in [3.8, 4) is 0 Å². The van der Waals surface area contributed by atoms with Crippen LogP contribution in [0, 0.1) is 0 Å². The molecule has 1 heterocycles. The van der Waals surface area contributed by atoms with Gasteiger partial charge in [-0.25, -0.2) is 0 Å². The van der Waals surface area contributed by atoms with Crippen LogP contribution in [0.15, 0.2) is 30.3 Å². The van der Waals surface area contributed by atoms with Crippen LogP contribution >= 0.6 is 0 Å². The molecular formula is C17H19F3N2O3. The van der Waals surface area contributed by atoms with Gasteiger partial charge in [0.1, 0.15) is 0 Å². The Kier molecular flexibility index (Phi) is 6.19. The van der Waals surface area contributed by atoms with E-state index in [0.29, 0.717) is 18.7 Å². The van der Waals surface area contributed by atoms with Gasteiger partial charge >= 0.3 is 6.18 Å². The van der Waals surface area contributed by atoms with Gasteiger partial charge in [0.2, 0.25) is 11.8 Å². The van der Waals surface area contributed by atoms with Crippen LogP contribution in [0.5, 0.6) is 0 Å². The predicted molar refractivity (Wildman–Crippen MR) is 85.5 cm³/mol. The van der Waals surface area contributed by atoms with Crippen LogP contribution in [0.25, 0.3) is 6.08 Å². The first-order valence-electron chi connectivity index (χ1n) is 7.73. The van der Waals surface area contributed by atoms with E-state index in [1.54, 1.807) is 12.0 Å². The zero-order valence-corrected chi connectivity index (χ0v) is 13.7. The number of halogens is 3. The van der Waals surface area contributed by atoms with Crippen molar-refractivity contribution >= 4 is 17.9 Å². The Morgan fingerprint density at radius 1 is 1.32 bits per heavy atom. The van der Waals surface area contributed by atoms with Crippen molar-refractivity contribution < 1.29 is 27.5 Å². The molecule has 1 aliphatic heterocycles. The minimum Gasteiger partial charge on any atom is -0.380 e. The third kappa shape index (κ3) is 5.60. The summed E-state index contributed by atoms with van der Waals surface area (Å²) in [6, 6.07) is 4.43. The summed E-state index contributed by atoms with van der Waals surface area (Å²) in [4.78, 5) is 25.3. The van der Waals surface area contributed by atoms with Gasteiger partial charge in [0, 0.05) is 26.3 Å². The number of hydrogen-bond acceptors (Lipinski definition) is 3. The Labute approximate surface area is 143 Å². The fraction of sp³-hybridized carbons (Fsp3) is 0.412. The van der Waals surface area contributed by atoms with Crippen LogP contribution in [0.4, 0.5) is 13.2 Å². The van der Waals surface area contributed by atoms with E-state index in [-0.39, 0.29) is 18.6 Å². The number of alkyl halides is 3. The molecule has 8 heteroatoms. The topological polar surface area (TPSA) is 58.6 Å². The molecule has 0 spiro atoms. The molecule has 5 nitrogen and oxygen atoms in total. The first-order valence-corrected chi connectivity index (χ1v) is 7.73. The Hall–Kier alpha value is -2.35. The van der Waals surface area contributed by atoms with E-state index in [1.165, 1.54) is 24.3 Å². The number of hydrogen-bond donors (Lipinski definition) is 1. The van der Waals surface area contributed by atoms with E-state index in [0.717, 1.165) is 18.6 Å². The molecule has 0 saturated carbocycles. The van der Waals surface area contributed by atoms with E-state index in [9.17, 15) is 22.8 Å². The third-order valence-electron chi connectivity index (χ3n) is 3.91. The number of carbonyl (C=O) groups excluding carboxylic acids is 2. The number of amides is 2. The predicted octanol–water partition coefficient (Wildman–Crippen LogP) is 2.08. The average molecular weight is 356 g/mol. The summed E-state index contributed by atoms with van der Waals surface area (Å²) in [5, 5.41) is 2.46. The lowest BCUT2D eigenvalue weighted by Gasteiger charge is -2.16. The van der Waals surface area contributed by atoms with Crippen LogP contribution in [-0.2, 0) is 20.5 Å². The summed E-state index contributed by atoms with van der Waals surface area (Å²) in [6.07, 6.45) is -1.03. The van der Waals surface area contributed by atoms with Crippen LogP contribution in [0.2, 0.25) is 0 Å². The molecule has 0 radical (unpaired) electrons. The Bertz CT molecular complexity index is 642. The smallest absolute Gasteiger partial charge is 0.380 e. The van der Waals surface area contributed by atoms with E-state index in [2.05, 4.69) is 5.32 Å². The minimum atomic E-state index is -4.39. The molecule has 1 aromatic rings. The zero-order valence-electron chi connectivity index (χ0n) is 13.7. The highest BCUT2D eigenvalue weighted by Crippen LogP contribution is 2.29. The molecule has 1 saturated heterocycles. The lowest BCUT2D eigenvalue weighted by molar-refractivity contribution is -0.137. The summed E-state index contributed by atoms with van der Waals surface area (Å²) in [7, 11) is 1.59. The molecule has 1 fully saturated rings. The van der Waals surface area contributed by atoms with Gasteiger partial charge in [0.05, 0.1) is 18.2 Å². The molecule has 1 N–H and O–H groups in total. The average Bonchev–Trinajstić information content (AvgIpc) is 3.06. The molecule has 1 aromatic carbocycles. The Morgan fingerprint density at radius 2 is 2.00 bits per heavy atom. The summed E-state index contributed by atoms with van der Waals surface area (Å²) < 4.78 is 42.5.